The summed E-state index contributed by atoms with van der Waals surface area (Å²) in [6.45, 7) is 3.34. The van der Waals surface area contributed by atoms with E-state index in [-0.39, 0.29) is 24.3 Å². The molecule has 0 spiro atoms. The van der Waals surface area contributed by atoms with Gasteiger partial charge in [-0.1, -0.05) is 11.3 Å². The monoisotopic (exact) mass is 498 g/mol. The Balaban J connectivity index is 0.957. The summed E-state index contributed by atoms with van der Waals surface area (Å²) in [6, 6.07) is 7.08. The number of nitrogens with one attached hydrogen (secondary N) is 2. The minimum Gasteiger partial charge on any atom is -0.420 e. The molecule has 1 saturated heterocycles. The Bertz CT molecular complexity index is 1440. The molecule has 12 nitrogen and oxygen atoms in total. The van der Waals surface area contributed by atoms with E-state index in [1.54, 1.807) is 17.3 Å². The van der Waals surface area contributed by atoms with E-state index in [1.807, 2.05) is 0 Å². The second-order valence-electron chi connectivity index (χ2n) is 9.82. The number of nitrogens with zero attached hydrogens (tertiary/aromatic N) is 8. The van der Waals surface area contributed by atoms with Crippen molar-refractivity contribution in [2.45, 2.75) is 44.7 Å². The summed E-state index contributed by atoms with van der Waals surface area (Å²) < 4.78 is 5.74. The smallest absolute Gasteiger partial charge is 0.250 e. The van der Waals surface area contributed by atoms with Gasteiger partial charge < -0.3 is 19.5 Å². The average Bonchev–Trinajstić information content (AvgIpc) is 3.62. The standard InChI is InChI=1S/C25H26N10O2/c36-23(35-7-4-20-21(14-35)30-33-29-20)11-22-31-32-24(37-22)17-12-26-25(27-13-17)28-18-8-15-2-3-19(10-16(15)9-18)34-5-1-6-34/h2-3,10,12-13,18H,1,4-9,11,14H2,(H,26,27,28)(H,29,30,33). The first kappa shape index (κ1) is 21.9. The van der Waals surface area contributed by atoms with Gasteiger partial charge in [0.15, 0.2) is 0 Å². The molecule has 0 radical (unpaired) electrons. The highest BCUT2D eigenvalue weighted by atomic mass is 16.4. The molecule has 37 heavy (non-hydrogen) atoms. The highest BCUT2D eigenvalue weighted by Crippen LogP contribution is 2.30. The Hall–Kier alpha value is -4.35. The van der Waals surface area contributed by atoms with Crippen LogP contribution in [0.2, 0.25) is 0 Å². The second-order valence-corrected chi connectivity index (χ2v) is 9.82. The Labute approximate surface area is 212 Å². The van der Waals surface area contributed by atoms with Crippen LogP contribution < -0.4 is 10.2 Å². The Morgan fingerprint density at radius 2 is 1.95 bits per heavy atom. The zero-order valence-corrected chi connectivity index (χ0v) is 20.2. The minimum absolute atomic E-state index is 0.0302. The number of amides is 1. The van der Waals surface area contributed by atoms with Crippen LogP contribution >= 0.6 is 0 Å². The first-order valence-corrected chi connectivity index (χ1v) is 12.6. The van der Waals surface area contributed by atoms with Crippen LogP contribution in [0.3, 0.4) is 0 Å². The molecule has 2 N–H and O–H groups in total. The first-order valence-electron chi connectivity index (χ1n) is 12.6. The summed E-state index contributed by atoms with van der Waals surface area (Å²) in [5.41, 5.74) is 6.50. The molecule has 0 bridgehead atoms. The van der Waals surface area contributed by atoms with E-state index in [0.717, 1.165) is 37.3 Å². The number of carbonyl (C=O) groups is 1. The summed E-state index contributed by atoms with van der Waals surface area (Å²) in [5, 5.41) is 22.3. The quantitative estimate of drug-likeness (QED) is 0.402. The third-order valence-corrected chi connectivity index (χ3v) is 7.37. The number of H-pyrrole nitrogens is 1. The summed E-state index contributed by atoms with van der Waals surface area (Å²) in [7, 11) is 0. The fraction of sp³-hybridized carbons (Fsp3) is 0.400. The SMILES string of the molecule is O=C(Cc1nnc(-c2cnc(NC3Cc4ccc(N5CCC5)cc4C3)nc2)o1)N1CCc2[nH]nnc2C1. The molecule has 3 aromatic heterocycles. The number of hydrogen-bond donors (Lipinski definition) is 2. The minimum atomic E-state index is -0.0887. The number of carbonyl (C=O) groups excluding carboxylic acids is 1. The lowest BCUT2D eigenvalue weighted by atomic mass is 10.1. The van der Waals surface area contributed by atoms with Crippen LogP contribution in [0.4, 0.5) is 11.6 Å². The number of benzene rings is 1. The molecule has 1 unspecified atom stereocenters. The predicted octanol–water partition coefficient (Wildman–Crippen LogP) is 1.56. The molecule has 7 rings (SSSR count). The van der Waals surface area contributed by atoms with Crippen molar-refractivity contribution in [2.24, 2.45) is 0 Å². The largest absolute Gasteiger partial charge is 0.420 e. The molecule has 1 fully saturated rings. The topological polar surface area (TPSA) is 142 Å². The van der Waals surface area contributed by atoms with Gasteiger partial charge in [0.25, 0.3) is 5.89 Å². The summed E-state index contributed by atoms with van der Waals surface area (Å²) in [4.78, 5) is 25.8. The van der Waals surface area contributed by atoms with Crippen molar-refractivity contribution >= 4 is 17.5 Å². The highest BCUT2D eigenvalue weighted by molar-refractivity contribution is 5.78. The molecule has 1 aliphatic carbocycles. The number of aromatic amines is 1. The molecule has 188 valence electrons. The van der Waals surface area contributed by atoms with Gasteiger partial charge in [-0.25, -0.2) is 9.97 Å². The molecule has 1 aromatic carbocycles. The molecule has 2 aliphatic heterocycles. The molecule has 4 aromatic rings. The van der Waals surface area contributed by atoms with Gasteiger partial charge in [-0.05, 0) is 42.5 Å². The van der Waals surface area contributed by atoms with Crippen molar-refractivity contribution in [1.29, 1.82) is 0 Å². The zero-order valence-electron chi connectivity index (χ0n) is 20.2. The molecule has 1 atom stereocenters. The van der Waals surface area contributed by atoms with Crippen LogP contribution in [0.15, 0.2) is 35.0 Å². The average molecular weight is 499 g/mol. The molecular formula is C25H26N10O2. The molecule has 5 heterocycles. The number of fused-ring (bicyclic) bond motifs is 2. The zero-order chi connectivity index (χ0) is 24.8. The fourth-order valence-electron chi connectivity index (χ4n) is 5.17. The van der Waals surface area contributed by atoms with Gasteiger partial charge in [0.1, 0.15) is 12.1 Å². The van der Waals surface area contributed by atoms with E-state index in [1.165, 1.54) is 23.2 Å². The lowest BCUT2D eigenvalue weighted by Crippen LogP contribution is -2.37. The van der Waals surface area contributed by atoms with Crippen molar-refractivity contribution < 1.29 is 9.21 Å². The maximum Gasteiger partial charge on any atom is 0.250 e. The van der Waals surface area contributed by atoms with Crippen LogP contribution in [-0.2, 0) is 37.0 Å². The van der Waals surface area contributed by atoms with E-state index in [9.17, 15) is 4.79 Å². The molecule has 3 aliphatic rings. The second kappa shape index (κ2) is 8.95. The third-order valence-electron chi connectivity index (χ3n) is 7.37. The summed E-state index contributed by atoms with van der Waals surface area (Å²) in [5.74, 6) is 1.03. The molecular weight excluding hydrogens is 472 g/mol. The van der Waals surface area contributed by atoms with E-state index in [2.05, 4.69) is 64.0 Å². The maximum absolute atomic E-state index is 12.7. The Morgan fingerprint density at radius 1 is 1.08 bits per heavy atom. The number of aromatic nitrogens is 7. The van der Waals surface area contributed by atoms with Crippen molar-refractivity contribution in [3.8, 4) is 11.5 Å². The number of rotatable bonds is 6. The van der Waals surface area contributed by atoms with Crippen molar-refractivity contribution in [3.05, 3.63) is 59.0 Å². The van der Waals surface area contributed by atoms with Gasteiger partial charge >= 0.3 is 0 Å². The Morgan fingerprint density at radius 3 is 2.78 bits per heavy atom. The van der Waals surface area contributed by atoms with E-state index in [4.69, 9.17) is 4.42 Å². The van der Waals surface area contributed by atoms with Crippen LogP contribution in [0.1, 0.15) is 34.8 Å². The van der Waals surface area contributed by atoms with Gasteiger partial charge in [0.05, 0.1) is 17.8 Å². The fourth-order valence-corrected chi connectivity index (χ4v) is 5.17. The lowest BCUT2D eigenvalue weighted by Gasteiger charge is -2.33. The van der Waals surface area contributed by atoms with Crippen molar-refractivity contribution in [3.63, 3.8) is 0 Å². The van der Waals surface area contributed by atoms with Gasteiger partial charge in [0, 0.05) is 50.2 Å². The van der Waals surface area contributed by atoms with Crippen molar-refractivity contribution in [1.82, 2.24) is 40.5 Å². The molecule has 12 heteroatoms. The molecule has 1 amide bonds. The first-order chi connectivity index (χ1) is 18.2. The van der Waals surface area contributed by atoms with Crippen LogP contribution in [0.25, 0.3) is 11.5 Å². The molecule has 0 saturated carbocycles. The van der Waals surface area contributed by atoms with Gasteiger partial charge in [-0.3, -0.25) is 9.89 Å². The van der Waals surface area contributed by atoms with Crippen LogP contribution in [-0.4, -0.2) is 72.1 Å². The van der Waals surface area contributed by atoms with Gasteiger partial charge in [0.2, 0.25) is 17.7 Å². The number of hydrogen-bond acceptors (Lipinski definition) is 10. The van der Waals surface area contributed by atoms with Crippen LogP contribution in [0.5, 0.6) is 0 Å². The Kier molecular flexibility index (Phi) is 5.29. The van der Waals surface area contributed by atoms with E-state index >= 15 is 0 Å². The third kappa shape index (κ3) is 4.28. The number of anilines is 2. The van der Waals surface area contributed by atoms with Gasteiger partial charge in [-0.15, -0.1) is 15.3 Å². The van der Waals surface area contributed by atoms with Gasteiger partial charge in [-0.2, -0.15) is 0 Å². The summed E-state index contributed by atoms with van der Waals surface area (Å²) in [6.07, 6.45) is 7.25. The predicted molar refractivity (Wildman–Crippen MR) is 133 cm³/mol. The lowest BCUT2D eigenvalue weighted by molar-refractivity contribution is -0.131. The normalized spacial score (nSPS) is 18.3. The maximum atomic E-state index is 12.7. The highest BCUT2D eigenvalue weighted by Gasteiger charge is 2.26. The van der Waals surface area contributed by atoms with Crippen molar-refractivity contribution in [2.75, 3.05) is 29.9 Å². The van der Waals surface area contributed by atoms with Crippen LogP contribution in [0, 0.1) is 0 Å². The van der Waals surface area contributed by atoms with E-state index < -0.39 is 0 Å². The summed E-state index contributed by atoms with van der Waals surface area (Å²) >= 11 is 0. The van der Waals surface area contributed by atoms with E-state index in [0.29, 0.717) is 36.9 Å².